The van der Waals surface area contributed by atoms with Crippen LogP contribution in [0.2, 0.25) is 0 Å². The van der Waals surface area contributed by atoms with E-state index in [0.717, 1.165) is 15.6 Å². The standard InChI is InChI=1S/C30H29BrN2O5S/c1-5-36-25-16-21(15-24(31)27(25)38-18-20-9-7-19(3)8-10-20)17-26-28(34)33(4)30(39-26)32-23-13-11-22(12-14-23)29(35)37-6-2/h7-17H,5-6,18H2,1-4H3. The number of esters is 1. The van der Waals surface area contributed by atoms with Gasteiger partial charge in [0.15, 0.2) is 16.7 Å². The topological polar surface area (TPSA) is 77.4 Å². The molecule has 1 amide bonds. The van der Waals surface area contributed by atoms with Gasteiger partial charge in [0.05, 0.1) is 33.8 Å². The molecule has 3 aromatic carbocycles. The van der Waals surface area contributed by atoms with Crippen molar-refractivity contribution in [2.45, 2.75) is 27.4 Å². The molecule has 4 rings (SSSR count). The quantitative estimate of drug-likeness (QED) is 0.190. The number of ether oxygens (including phenoxy) is 3. The lowest BCUT2D eigenvalue weighted by molar-refractivity contribution is -0.121. The summed E-state index contributed by atoms with van der Waals surface area (Å²) in [5, 5.41) is 0.539. The second-order valence-electron chi connectivity index (χ2n) is 8.67. The Morgan fingerprint density at radius 1 is 1.03 bits per heavy atom. The van der Waals surface area contributed by atoms with E-state index in [4.69, 9.17) is 14.2 Å². The molecule has 1 saturated heterocycles. The zero-order chi connectivity index (χ0) is 27.9. The molecule has 0 N–H and O–H groups in total. The van der Waals surface area contributed by atoms with Gasteiger partial charge in [0.2, 0.25) is 0 Å². The molecule has 3 aromatic rings. The maximum atomic E-state index is 13.0. The predicted octanol–water partition coefficient (Wildman–Crippen LogP) is 7.15. The summed E-state index contributed by atoms with van der Waals surface area (Å²) in [4.78, 5) is 31.5. The van der Waals surface area contributed by atoms with Crippen LogP contribution < -0.4 is 9.47 Å². The zero-order valence-corrected chi connectivity index (χ0v) is 24.6. The Labute approximate surface area is 241 Å². The molecule has 0 unspecified atom stereocenters. The number of hydrogen-bond donors (Lipinski definition) is 0. The zero-order valence-electron chi connectivity index (χ0n) is 22.2. The van der Waals surface area contributed by atoms with Crippen LogP contribution in [0.3, 0.4) is 0 Å². The molecule has 9 heteroatoms. The van der Waals surface area contributed by atoms with Gasteiger partial charge < -0.3 is 14.2 Å². The normalized spacial score (nSPS) is 15.2. The Morgan fingerprint density at radius 2 is 1.74 bits per heavy atom. The van der Waals surface area contributed by atoms with Gasteiger partial charge in [0.25, 0.3) is 5.91 Å². The van der Waals surface area contributed by atoms with E-state index in [1.54, 1.807) is 38.2 Å². The summed E-state index contributed by atoms with van der Waals surface area (Å²) in [5.41, 5.74) is 4.11. The third-order valence-electron chi connectivity index (χ3n) is 5.74. The van der Waals surface area contributed by atoms with Gasteiger partial charge in [0.1, 0.15) is 6.61 Å². The molecule has 0 spiro atoms. The van der Waals surface area contributed by atoms with E-state index in [9.17, 15) is 9.59 Å². The molecule has 202 valence electrons. The van der Waals surface area contributed by atoms with Crippen LogP contribution >= 0.6 is 27.7 Å². The Balaban J connectivity index is 1.54. The largest absolute Gasteiger partial charge is 0.490 e. The van der Waals surface area contributed by atoms with E-state index in [1.165, 1.54) is 22.2 Å². The van der Waals surface area contributed by atoms with Crippen LogP contribution in [0.4, 0.5) is 5.69 Å². The summed E-state index contributed by atoms with van der Waals surface area (Å²) in [6, 6.07) is 18.7. The monoisotopic (exact) mass is 608 g/mol. The molecule has 1 heterocycles. The summed E-state index contributed by atoms with van der Waals surface area (Å²) < 4.78 is 17.7. The first-order chi connectivity index (χ1) is 18.8. The van der Waals surface area contributed by atoms with Gasteiger partial charge in [-0.3, -0.25) is 9.69 Å². The molecule has 1 aliphatic rings. The molecule has 0 aromatic heterocycles. The second kappa shape index (κ2) is 13.0. The minimum Gasteiger partial charge on any atom is -0.490 e. The van der Waals surface area contributed by atoms with Crippen molar-refractivity contribution in [3.63, 3.8) is 0 Å². The summed E-state index contributed by atoms with van der Waals surface area (Å²) in [7, 11) is 1.69. The number of rotatable bonds is 9. The van der Waals surface area contributed by atoms with Crippen molar-refractivity contribution in [3.05, 3.63) is 92.3 Å². The number of likely N-dealkylation sites (N-methyl/N-ethyl adjacent to an activating group) is 1. The van der Waals surface area contributed by atoms with Crippen molar-refractivity contribution in [3.8, 4) is 11.5 Å². The van der Waals surface area contributed by atoms with Crippen LogP contribution in [-0.2, 0) is 16.1 Å². The van der Waals surface area contributed by atoms with Crippen LogP contribution in [0.25, 0.3) is 6.08 Å². The van der Waals surface area contributed by atoms with E-state index < -0.39 is 0 Å². The average Bonchev–Trinajstić information content (AvgIpc) is 3.17. The molecule has 0 atom stereocenters. The van der Waals surface area contributed by atoms with Crippen LogP contribution in [0.1, 0.15) is 40.9 Å². The number of aliphatic imine (C=N–C) groups is 1. The molecular weight excluding hydrogens is 580 g/mol. The molecule has 1 aliphatic heterocycles. The third kappa shape index (κ3) is 7.10. The van der Waals surface area contributed by atoms with Crippen LogP contribution in [-0.4, -0.2) is 42.2 Å². The average molecular weight is 610 g/mol. The highest BCUT2D eigenvalue weighted by atomic mass is 79.9. The number of carbonyl (C=O) groups excluding carboxylic acids is 2. The number of amides is 1. The molecule has 0 aliphatic carbocycles. The Bertz CT molecular complexity index is 1420. The molecule has 0 bridgehead atoms. The van der Waals surface area contributed by atoms with Crippen LogP contribution in [0.5, 0.6) is 11.5 Å². The maximum absolute atomic E-state index is 13.0. The fourth-order valence-corrected chi connectivity index (χ4v) is 5.28. The van der Waals surface area contributed by atoms with Gasteiger partial charge in [0, 0.05) is 7.05 Å². The highest BCUT2D eigenvalue weighted by Crippen LogP contribution is 2.40. The van der Waals surface area contributed by atoms with Gasteiger partial charge in [-0.25, -0.2) is 9.79 Å². The van der Waals surface area contributed by atoms with Crippen molar-refractivity contribution in [2.75, 3.05) is 20.3 Å². The van der Waals surface area contributed by atoms with Gasteiger partial charge in [-0.05, 0) is 102 Å². The smallest absolute Gasteiger partial charge is 0.338 e. The van der Waals surface area contributed by atoms with Crippen molar-refractivity contribution in [2.24, 2.45) is 4.99 Å². The molecule has 0 radical (unpaired) electrons. The van der Waals surface area contributed by atoms with Crippen molar-refractivity contribution in [1.82, 2.24) is 4.90 Å². The van der Waals surface area contributed by atoms with E-state index in [0.29, 0.717) is 52.6 Å². The number of benzene rings is 3. The predicted molar refractivity (Wildman–Crippen MR) is 159 cm³/mol. The Kier molecular flexibility index (Phi) is 9.48. The molecule has 7 nitrogen and oxygen atoms in total. The second-order valence-corrected chi connectivity index (χ2v) is 10.5. The summed E-state index contributed by atoms with van der Waals surface area (Å²) in [6.07, 6.45) is 1.81. The molecule has 1 fully saturated rings. The first kappa shape index (κ1) is 28.4. The van der Waals surface area contributed by atoms with Crippen LogP contribution in [0, 0.1) is 6.92 Å². The van der Waals surface area contributed by atoms with Gasteiger partial charge in [-0.15, -0.1) is 0 Å². The van der Waals surface area contributed by atoms with Gasteiger partial charge >= 0.3 is 5.97 Å². The Morgan fingerprint density at radius 3 is 2.41 bits per heavy atom. The Hall–Kier alpha value is -3.56. The lowest BCUT2D eigenvalue weighted by Gasteiger charge is -2.15. The van der Waals surface area contributed by atoms with E-state index in [1.807, 2.05) is 44.2 Å². The minimum atomic E-state index is -0.381. The lowest BCUT2D eigenvalue weighted by Crippen LogP contribution is -2.23. The number of aryl methyl sites for hydroxylation is 1. The number of carbonyl (C=O) groups is 2. The highest BCUT2D eigenvalue weighted by molar-refractivity contribution is 9.10. The van der Waals surface area contributed by atoms with E-state index in [-0.39, 0.29) is 11.9 Å². The number of halogens is 1. The number of amidine groups is 1. The summed E-state index contributed by atoms with van der Waals surface area (Å²) in [6.45, 7) is 6.91. The van der Waals surface area contributed by atoms with Crippen molar-refractivity contribution < 1.29 is 23.8 Å². The SMILES string of the molecule is CCOC(=O)c1ccc(N=C2SC(=Cc3cc(Br)c(OCc4ccc(C)cc4)c(OCC)c3)C(=O)N2C)cc1. The summed E-state index contributed by atoms with van der Waals surface area (Å²) in [5.74, 6) is 0.658. The summed E-state index contributed by atoms with van der Waals surface area (Å²) >= 11 is 4.90. The number of hydrogen-bond acceptors (Lipinski definition) is 7. The molecule has 39 heavy (non-hydrogen) atoms. The molecular formula is C30H29BrN2O5S. The van der Waals surface area contributed by atoms with E-state index in [2.05, 4.69) is 33.1 Å². The molecule has 0 saturated carbocycles. The van der Waals surface area contributed by atoms with E-state index >= 15 is 0 Å². The fourth-order valence-electron chi connectivity index (χ4n) is 3.71. The minimum absolute atomic E-state index is 0.157. The van der Waals surface area contributed by atoms with Crippen molar-refractivity contribution in [1.29, 1.82) is 0 Å². The third-order valence-corrected chi connectivity index (χ3v) is 7.39. The number of nitrogens with zero attached hydrogens (tertiary/aromatic N) is 2. The number of thioether (sulfide) groups is 1. The maximum Gasteiger partial charge on any atom is 0.338 e. The first-order valence-corrected chi connectivity index (χ1v) is 14.1. The van der Waals surface area contributed by atoms with Crippen molar-refractivity contribution >= 4 is 56.5 Å². The fraction of sp³-hybridized carbons (Fsp3) is 0.233. The van der Waals surface area contributed by atoms with Crippen LogP contribution in [0.15, 0.2) is 75.0 Å². The highest BCUT2D eigenvalue weighted by Gasteiger charge is 2.30. The first-order valence-electron chi connectivity index (χ1n) is 12.5. The lowest BCUT2D eigenvalue weighted by atomic mass is 10.1. The van der Waals surface area contributed by atoms with Gasteiger partial charge in [-0.2, -0.15) is 0 Å². The van der Waals surface area contributed by atoms with Gasteiger partial charge in [-0.1, -0.05) is 29.8 Å².